The van der Waals surface area contributed by atoms with Crippen molar-refractivity contribution in [1.82, 2.24) is 14.9 Å². The van der Waals surface area contributed by atoms with Gasteiger partial charge in [-0.2, -0.15) is 0 Å². The molecular weight excluding hydrogens is 381 g/mol. The molecule has 0 unspecified atom stereocenters. The standard InChI is InChI=1S/C15H14IN3O2/c16-12-3-4-14(18-8-12)21-13-9-19(10-13)15(20)6-11-2-1-5-17-7-11/h1-5,7-8,13H,6,9-10H2. The van der Waals surface area contributed by atoms with E-state index < -0.39 is 0 Å². The van der Waals surface area contributed by atoms with Gasteiger partial charge in [-0.25, -0.2) is 4.98 Å². The van der Waals surface area contributed by atoms with Gasteiger partial charge in [-0.05, 0) is 40.3 Å². The lowest BCUT2D eigenvalue weighted by atomic mass is 10.1. The minimum atomic E-state index is 0.0374. The van der Waals surface area contributed by atoms with Gasteiger partial charge in [0.15, 0.2) is 0 Å². The molecule has 5 nitrogen and oxygen atoms in total. The first-order valence-electron chi connectivity index (χ1n) is 6.65. The van der Waals surface area contributed by atoms with E-state index in [-0.39, 0.29) is 12.0 Å². The van der Waals surface area contributed by atoms with Crippen LogP contribution in [0.1, 0.15) is 5.56 Å². The molecule has 0 saturated carbocycles. The molecule has 1 aliphatic heterocycles. The van der Waals surface area contributed by atoms with E-state index >= 15 is 0 Å². The van der Waals surface area contributed by atoms with Crippen molar-refractivity contribution in [2.24, 2.45) is 0 Å². The second kappa shape index (κ2) is 6.38. The van der Waals surface area contributed by atoms with Gasteiger partial charge in [0, 0.05) is 28.2 Å². The highest BCUT2D eigenvalue weighted by atomic mass is 127. The lowest BCUT2D eigenvalue weighted by molar-refractivity contribution is -0.139. The highest BCUT2D eigenvalue weighted by molar-refractivity contribution is 14.1. The van der Waals surface area contributed by atoms with E-state index in [1.165, 1.54) is 0 Å². The van der Waals surface area contributed by atoms with E-state index in [4.69, 9.17) is 4.74 Å². The van der Waals surface area contributed by atoms with E-state index in [1.54, 1.807) is 23.5 Å². The molecule has 1 fully saturated rings. The average molecular weight is 395 g/mol. The van der Waals surface area contributed by atoms with E-state index in [0.717, 1.165) is 9.13 Å². The molecule has 0 atom stereocenters. The number of ether oxygens (including phenoxy) is 1. The van der Waals surface area contributed by atoms with Gasteiger partial charge in [0.1, 0.15) is 6.10 Å². The first kappa shape index (κ1) is 14.2. The van der Waals surface area contributed by atoms with Gasteiger partial charge < -0.3 is 9.64 Å². The molecule has 0 spiro atoms. The zero-order valence-electron chi connectivity index (χ0n) is 11.3. The summed E-state index contributed by atoms with van der Waals surface area (Å²) >= 11 is 2.20. The Bertz CT molecular complexity index is 613. The molecule has 2 aromatic rings. The summed E-state index contributed by atoms with van der Waals surface area (Å²) in [5.74, 6) is 0.721. The molecule has 0 radical (unpaired) electrons. The number of rotatable bonds is 4. The Labute approximate surface area is 136 Å². The fraction of sp³-hybridized carbons (Fsp3) is 0.267. The number of nitrogens with zero attached hydrogens (tertiary/aromatic N) is 3. The Morgan fingerprint density at radius 2 is 2.19 bits per heavy atom. The quantitative estimate of drug-likeness (QED) is 0.743. The van der Waals surface area contributed by atoms with E-state index in [2.05, 4.69) is 32.6 Å². The molecule has 3 rings (SSSR count). The lowest BCUT2D eigenvalue weighted by Gasteiger charge is -2.38. The van der Waals surface area contributed by atoms with Crippen LogP contribution in [0.5, 0.6) is 5.88 Å². The van der Waals surface area contributed by atoms with Crippen LogP contribution in [0.2, 0.25) is 0 Å². The molecular formula is C15H14IN3O2. The zero-order chi connectivity index (χ0) is 14.7. The maximum Gasteiger partial charge on any atom is 0.227 e. The Kier molecular flexibility index (Phi) is 4.33. The van der Waals surface area contributed by atoms with Crippen LogP contribution in [0.4, 0.5) is 0 Å². The van der Waals surface area contributed by atoms with Crippen molar-refractivity contribution in [3.8, 4) is 5.88 Å². The largest absolute Gasteiger partial charge is 0.471 e. The van der Waals surface area contributed by atoms with Crippen LogP contribution < -0.4 is 4.74 Å². The number of likely N-dealkylation sites (tertiary alicyclic amines) is 1. The average Bonchev–Trinajstić information content (AvgIpc) is 2.45. The molecule has 0 N–H and O–H groups in total. The smallest absolute Gasteiger partial charge is 0.227 e. The summed E-state index contributed by atoms with van der Waals surface area (Å²) in [6.45, 7) is 1.24. The number of carbonyl (C=O) groups excluding carboxylic acids is 1. The molecule has 1 saturated heterocycles. The van der Waals surface area contributed by atoms with Gasteiger partial charge in [-0.3, -0.25) is 9.78 Å². The number of amides is 1. The van der Waals surface area contributed by atoms with E-state index in [1.807, 2.05) is 24.3 Å². The first-order valence-corrected chi connectivity index (χ1v) is 7.73. The van der Waals surface area contributed by atoms with Crippen LogP contribution in [-0.2, 0) is 11.2 Å². The summed E-state index contributed by atoms with van der Waals surface area (Å²) in [5, 5.41) is 0. The van der Waals surface area contributed by atoms with Crippen LogP contribution in [0.25, 0.3) is 0 Å². The number of hydrogen-bond acceptors (Lipinski definition) is 4. The molecule has 2 aromatic heterocycles. The molecule has 0 aromatic carbocycles. The maximum atomic E-state index is 12.1. The predicted molar refractivity (Wildman–Crippen MR) is 85.9 cm³/mol. The van der Waals surface area contributed by atoms with Gasteiger partial charge in [0.2, 0.25) is 11.8 Å². The molecule has 3 heterocycles. The maximum absolute atomic E-state index is 12.1. The lowest BCUT2D eigenvalue weighted by Crippen LogP contribution is -2.56. The number of aromatic nitrogens is 2. The number of pyridine rings is 2. The number of carbonyl (C=O) groups is 1. The topological polar surface area (TPSA) is 55.3 Å². The van der Waals surface area contributed by atoms with Crippen molar-refractivity contribution < 1.29 is 9.53 Å². The summed E-state index contributed by atoms with van der Waals surface area (Å²) in [7, 11) is 0. The monoisotopic (exact) mass is 395 g/mol. The second-order valence-electron chi connectivity index (χ2n) is 4.89. The van der Waals surface area contributed by atoms with E-state index in [0.29, 0.717) is 25.4 Å². The highest BCUT2D eigenvalue weighted by Gasteiger charge is 2.32. The SMILES string of the molecule is O=C(Cc1cccnc1)N1CC(Oc2ccc(I)cn2)C1. The molecule has 21 heavy (non-hydrogen) atoms. The molecule has 108 valence electrons. The van der Waals surface area contributed by atoms with Crippen molar-refractivity contribution >= 4 is 28.5 Å². The Morgan fingerprint density at radius 1 is 1.33 bits per heavy atom. The third-order valence-electron chi connectivity index (χ3n) is 3.27. The number of halogens is 1. The predicted octanol–water partition coefficient (Wildman–Crippen LogP) is 1.91. The van der Waals surface area contributed by atoms with Crippen molar-refractivity contribution in [1.29, 1.82) is 0 Å². The summed E-state index contributed by atoms with van der Waals surface area (Å²) < 4.78 is 6.79. The fourth-order valence-corrected chi connectivity index (χ4v) is 2.43. The molecule has 1 aliphatic rings. The van der Waals surface area contributed by atoms with Crippen LogP contribution in [0.15, 0.2) is 42.9 Å². The molecule has 0 bridgehead atoms. The van der Waals surface area contributed by atoms with E-state index in [9.17, 15) is 4.79 Å². The van der Waals surface area contributed by atoms with Crippen molar-refractivity contribution in [3.05, 3.63) is 52.0 Å². The summed E-state index contributed by atoms with van der Waals surface area (Å²) in [4.78, 5) is 22.1. The van der Waals surface area contributed by atoms with Crippen LogP contribution in [-0.4, -0.2) is 40.0 Å². The Hall–Kier alpha value is -1.70. The molecule has 6 heteroatoms. The summed E-state index contributed by atoms with van der Waals surface area (Å²) in [6, 6.07) is 7.55. The fourth-order valence-electron chi connectivity index (χ4n) is 2.11. The Balaban J connectivity index is 1.47. The summed E-state index contributed by atoms with van der Waals surface area (Å²) in [6.07, 6.45) is 5.62. The molecule has 0 aliphatic carbocycles. The third-order valence-corrected chi connectivity index (χ3v) is 3.90. The third kappa shape index (κ3) is 3.69. The summed E-state index contributed by atoms with van der Waals surface area (Å²) in [5.41, 5.74) is 0.936. The van der Waals surface area contributed by atoms with Crippen molar-refractivity contribution in [2.45, 2.75) is 12.5 Å². The minimum absolute atomic E-state index is 0.0374. The van der Waals surface area contributed by atoms with Crippen LogP contribution >= 0.6 is 22.6 Å². The number of hydrogen-bond donors (Lipinski definition) is 0. The van der Waals surface area contributed by atoms with Gasteiger partial charge in [0.25, 0.3) is 0 Å². The van der Waals surface area contributed by atoms with Crippen LogP contribution in [0.3, 0.4) is 0 Å². The van der Waals surface area contributed by atoms with Crippen LogP contribution in [0, 0.1) is 3.57 Å². The van der Waals surface area contributed by atoms with Gasteiger partial charge in [0.05, 0.1) is 19.5 Å². The zero-order valence-corrected chi connectivity index (χ0v) is 13.4. The molecule has 1 amide bonds. The normalized spacial score (nSPS) is 14.6. The first-order chi connectivity index (χ1) is 10.2. The highest BCUT2D eigenvalue weighted by Crippen LogP contribution is 2.17. The minimum Gasteiger partial charge on any atom is -0.471 e. The van der Waals surface area contributed by atoms with Gasteiger partial charge >= 0.3 is 0 Å². The van der Waals surface area contributed by atoms with Crippen molar-refractivity contribution in [3.63, 3.8) is 0 Å². The Morgan fingerprint density at radius 3 is 2.86 bits per heavy atom. The van der Waals surface area contributed by atoms with Gasteiger partial charge in [-0.15, -0.1) is 0 Å². The second-order valence-corrected chi connectivity index (χ2v) is 6.14. The van der Waals surface area contributed by atoms with Gasteiger partial charge in [-0.1, -0.05) is 6.07 Å². The van der Waals surface area contributed by atoms with Crippen molar-refractivity contribution in [2.75, 3.05) is 13.1 Å².